The van der Waals surface area contributed by atoms with E-state index >= 15 is 0 Å². The van der Waals surface area contributed by atoms with Gasteiger partial charge in [-0.2, -0.15) is 0 Å². The summed E-state index contributed by atoms with van der Waals surface area (Å²) in [6.45, 7) is 8.21. The number of hydrogen-bond donors (Lipinski definition) is 1. The molecule has 1 aromatic carbocycles. The molecule has 102 valence electrons. The summed E-state index contributed by atoms with van der Waals surface area (Å²) in [6.07, 6.45) is 3.36. The number of halogens is 1. The molecule has 0 amide bonds. The van der Waals surface area contributed by atoms with Crippen molar-refractivity contribution in [3.8, 4) is 5.75 Å². The third-order valence-electron chi connectivity index (χ3n) is 3.02. The third kappa shape index (κ3) is 5.74. The number of aryl methyl sites for hydroxylation is 1. The van der Waals surface area contributed by atoms with Crippen molar-refractivity contribution < 1.29 is 4.74 Å². The van der Waals surface area contributed by atoms with Gasteiger partial charge >= 0.3 is 0 Å². The molecular formula is C15H24ClNO. The second kappa shape index (κ2) is 8.39. The number of hydrogen-bond acceptors (Lipinski definition) is 2. The number of nitrogens with one attached hydrogen (secondary N) is 1. The van der Waals surface area contributed by atoms with E-state index in [9.17, 15) is 0 Å². The van der Waals surface area contributed by atoms with Crippen molar-refractivity contribution in [2.24, 2.45) is 0 Å². The lowest BCUT2D eigenvalue weighted by molar-refractivity contribution is 0.304. The van der Waals surface area contributed by atoms with Gasteiger partial charge in [0.05, 0.1) is 11.6 Å². The van der Waals surface area contributed by atoms with Crippen molar-refractivity contribution in [3.63, 3.8) is 0 Å². The molecule has 1 rings (SSSR count). The molecule has 2 nitrogen and oxygen atoms in total. The molecule has 0 aromatic heterocycles. The Bertz CT molecular complexity index is 354. The molecule has 0 unspecified atom stereocenters. The molecule has 3 heteroatoms. The van der Waals surface area contributed by atoms with Crippen molar-refractivity contribution in [1.82, 2.24) is 5.32 Å². The fourth-order valence-corrected chi connectivity index (χ4v) is 1.91. The van der Waals surface area contributed by atoms with Crippen LogP contribution in [0.15, 0.2) is 18.2 Å². The van der Waals surface area contributed by atoms with E-state index in [4.69, 9.17) is 16.3 Å². The largest absolute Gasteiger partial charge is 0.492 e. The molecule has 0 aliphatic heterocycles. The highest BCUT2D eigenvalue weighted by Gasteiger charge is 2.01. The molecule has 0 saturated carbocycles. The van der Waals surface area contributed by atoms with Crippen molar-refractivity contribution in [1.29, 1.82) is 0 Å². The average molecular weight is 270 g/mol. The lowest BCUT2D eigenvalue weighted by Crippen LogP contribution is -2.26. The molecule has 0 spiro atoms. The molecule has 1 N–H and O–H groups in total. The quantitative estimate of drug-likeness (QED) is 0.715. The summed E-state index contributed by atoms with van der Waals surface area (Å²) in [5, 5.41) is 4.17. The van der Waals surface area contributed by atoms with Crippen molar-refractivity contribution in [2.45, 2.75) is 46.1 Å². The van der Waals surface area contributed by atoms with E-state index in [1.54, 1.807) is 0 Å². The molecule has 0 heterocycles. The zero-order valence-corrected chi connectivity index (χ0v) is 12.4. The SMILES string of the molecule is CC[C@@H](C)NCCCCOc1ccc(C)cc1Cl. The van der Waals surface area contributed by atoms with Crippen LogP contribution in [0, 0.1) is 6.92 Å². The molecule has 0 radical (unpaired) electrons. The van der Waals surface area contributed by atoms with Gasteiger partial charge in [0, 0.05) is 6.04 Å². The Kier molecular flexibility index (Phi) is 7.14. The fourth-order valence-electron chi connectivity index (χ4n) is 1.62. The number of unbranched alkanes of at least 4 members (excludes halogenated alkanes) is 1. The number of ether oxygens (including phenoxy) is 1. The van der Waals surface area contributed by atoms with Crippen LogP contribution < -0.4 is 10.1 Å². The molecule has 0 fully saturated rings. The topological polar surface area (TPSA) is 21.3 Å². The lowest BCUT2D eigenvalue weighted by Gasteiger charge is -2.11. The fraction of sp³-hybridized carbons (Fsp3) is 0.600. The summed E-state index contributed by atoms with van der Waals surface area (Å²) < 4.78 is 5.67. The van der Waals surface area contributed by atoms with Gasteiger partial charge in [0.1, 0.15) is 5.75 Å². The smallest absolute Gasteiger partial charge is 0.137 e. The van der Waals surface area contributed by atoms with Crippen molar-refractivity contribution >= 4 is 11.6 Å². The molecule has 0 aliphatic carbocycles. The molecule has 1 atom stereocenters. The van der Waals surface area contributed by atoms with Crippen molar-refractivity contribution in [3.05, 3.63) is 28.8 Å². The van der Waals surface area contributed by atoms with Crippen molar-refractivity contribution in [2.75, 3.05) is 13.2 Å². The maximum absolute atomic E-state index is 6.09. The highest BCUT2D eigenvalue weighted by molar-refractivity contribution is 6.32. The Labute approximate surface area is 116 Å². The van der Waals surface area contributed by atoms with Gasteiger partial charge in [-0.3, -0.25) is 0 Å². The van der Waals surface area contributed by atoms with Crippen LogP contribution in [-0.2, 0) is 0 Å². The Morgan fingerprint density at radius 2 is 2.11 bits per heavy atom. The van der Waals surface area contributed by atoms with Crippen LogP contribution in [0.1, 0.15) is 38.7 Å². The highest BCUT2D eigenvalue weighted by Crippen LogP contribution is 2.25. The third-order valence-corrected chi connectivity index (χ3v) is 3.32. The van der Waals surface area contributed by atoms with E-state index in [0.717, 1.165) is 37.3 Å². The van der Waals surface area contributed by atoms with Crippen LogP contribution in [0.25, 0.3) is 0 Å². The second-order valence-electron chi connectivity index (χ2n) is 4.75. The minimum absolute atomic E-state index is 0.609. The first-order valence-corrected chi connectivity index (χ1v) is 7.13. The zero-order chi connectivity index (χ0) is 13.4. The molecular weight excluding hydrogens is 246 g/mol. The summed E-state index contributed by atoms with van der Waals surface area (Å²) in [4.78, 5) is 0. The van der Waals surface area contributed by atoms with Gasteiger partial charge in [-0.15, -0.1) is 0 Å². The van der Waals surface area contributed by atoms with Gasteiger partial charge in [0.15, 0.2) is 0 Å². The van der Waals surface area contributed by atoms with E-state index in [0.29, 0.717) is 11.1 Å². The summed E-state index contributed by atoms with van der Waals surface area (Å²) >= 11 is 6.09. The summed E-state index contributed by atoms with van der Waals surface area (Å²) in [6, 6.07) is 6.50. The second-order valence-corrected chi connectivity index (χ2v) is 5.16. The molecule has 0 saturated heterocycles. The predicted octanol–water partition coefficient (Wildman–Crippen LogP) is 4.20. The standard InChI is InChI=1S/C15H24ClNO/c1-4-13(3)17-9-5-6-10-18-15-8-7-12(2)11-14(15)16/h7-8,11,13,17H,4-6,9-10H2,1-3H3/t13-/m1/s1. The first-order valence-electron chi connectivity index (χ1n) is 6.75. The predicted molar refractivity (Wildman–Crippen MR) is 78.7 cm³/mol. The van der Waals surface area contributed by atoms with Crippen LogP contribution in [0.4, 0.5) is 0 Å². The van der Waals surface area contributed by atoms with Gasteiger partial charge in [0.25, 0.3) is 0 Å². The highest BCUT2D eigenvalue weighted by atomic mass is 35.5. The van der Waals surface area contributed by atoms with E-state index in [2.05, 4.69) is 19.2 Å². The van der Waals surface area contributed by atoms with Crippen LogP contribution in [0.2, 0.25) is 5.02 Å². The summed E-state index contributed by atoms with van der Waals surface area (Å²) in [5.41, 5.74) is 1.16. The zero-order valence-electron chi connectivity index (χ0n) is 11.6. The Hall–Kier alpha value is -0.730. The Balaban J connectivity index is 2.14. The summed E-state index contributed by atoms with van der Waals surface area (Å²) in [5.74, 6) is 0.789. The van der Waals surface area contributed by atoms with Gasteiger partial charge in [-0.25, -0.2) is 0 Å². The summed E-state index contributed by atoms with van der Waals surface area (Å²) in [7, 11) is 0. The van der Waals surface area contributed by atoms with Gasteiger partial charge in [-0.1, -0.05) is 24.6 Å². The van der Waals surface area contributed by atoms with Gasteiger partial charge < -0.3 is 10.1 Å². The molecule has 1 aromatic rings. The van der Waals surface area contributed by atoms with E-state index in [-0.39, 0.29) is 0 Å². The van der Waals surface area contributed by atoms with Gasteiger partial charge in [0.2, 0.25) is 0 Å². The number of benzene rings is 1. The van der Waals surface area contributed by atoms with E-state index in [1.807, 2.05) is 25.1 Å². The van der Waals surface area contributed by atoms with Crippen LogP contribution in [0.5, 0.6) is 5.75 Å². The first kappa shape index (κ1) is 15.3. The minimum Gasteiger partial charge on any atom is -0.492 e. The average Bonchev–Trinajstić information content (AvgIpc) is 2.35. The van der Waals surface area contributed by atoms with Gasteiger partial charge in [-0.05, 0) is 57.4 Å². The molecule has 18 heavy (non-hydrogen) atoms. The van der Waals surface area contributed by atoms with Crippen LogP contribution in [0.3, 0.4) is 0 Å². The number of rotatable bonds is 8. The monoisotopic (exact) mass is 269 g/mol. The molecule has 0 bridgehead atoms. The van der Waals surface area contributed by atoms with Crippen LogP contribution >= 0.6 is 11.6 Å². The first-order chi connectivity index (χ1) is 8.63. The maximum atomic E-state index is 6.09. The lowest BCUT2D eigenvalue weighted by atomic mass is 10.2. The molecule has 0 aliphatic rings. The minimum atomic E-state index is 0.609. The Morgan fingerprint density at radius 1 is 1.33 bits per heavy atom. The maximum Gasteiger partial charge on any atom is 0.137 e. The van der Waals surface area contributed by atoms with E-state index < -0.39 is 0 Å². The normalized spacial score (nSPS) is 12.4. The van der Waals surface area contributed by atoms with E-state index in [1.165, 1.54) is 6.42 Å². The van der Waals surface area contributed by atoms with Crippen LogP contribution in [-0.4, -0.2) is 19.2 Å². The Morgan fingerprint density at radius 3 is 2.78 bits per heavy atom.